The molecule has 0 bridgehead atoms. The Balaban J connectivity index is 2.57. The van der Waals surface area contributed by atoms with Gasteiger partial charge in [-0.05, 0) is 32.5 Å². The molecule has 0 aliphatic carbocycles. The van der Waals surface area contributed by atoms with Crippen molar-refractivity contribution < 1.29 is 4.79 Å². The largest absolute Gasteiger partial charge is 0.357 e. The average molecular weight is 250 g/mol. The Hall–Kier alpha value is -1.62. The molecular formula is C13H22N4O. The Morgan fingerprint density at radius 1 is 1.28 bits per heavy atom. The lowest BCUT2D eigenvalue weighted by Gasteiger charge is -2.19. The molecular weight excluding hydrogens is 228 g/mol. The van der Waals surface area contributed by atoms with Crippen molar-refractivity contribution in [1.29, 1.82) is 0 Å². The van der Waals surface area contributed by atoms with E-state index in [0.29, 0.717) is 6.54 Å². The van der Waals surface area contributed by atoms with Gasteiger partial charge in [-0.3, -0.25) is 4.79 Å². The van der Waals surface area contributed by atoms with E-state index in [0.717, 1.165) is 31.1 Å². The highest BCUT2D eigenvalue weighted by molar-refractivity contribution is 5.92. The summed E-state index contributed by atoms with van der Waals surface area (Å²) in [5, 5.41) is 5.77. The number of carbonyl (C=O) groups excluding carboxylic acids is 1. The molecule has 5 heteroatoms. The van der Waals surface area contributed by atoms with E-state index in [1.807, 2.05) is 19.1 Å². The van der Waals surface area contributed by atoms with Crippen LogP contribution in [0.5, 0.6) is 0 Å². The van der Waals surface area contributed by atoms with Crippen molar-refractivity contribution >= 4 is 17.4 Å². The van der Waals surface area contributed by atoms with Crippen molar-refractivity contribution in [2.75, 3.05) is 36.4 Å². The van der Waals surface area contributed by atoms with Crippen LogP contribution in [0.1, 0.15) is 20.8 Å². The zero-order valence-corrected chi connectivity index (χ0v) is 11.4. The summed E-state index contributed by atoms with van der Waals surface area (Å²) in [5.74, 6) is 0.888. The Bertz CT molecular complexity index is 360. The summed E-state index contributed by atoms with van der Waals surface area (Å²) >= 11 is 0. The van der Waals surface area contributed by atoms with Crippen molar-refractivity contribution in [3.05, 3.63) is 18.3 Å². The van der Waals surface area contributed by atoms with Crippen molar-refractivity contribution in [2.45, 2.75) is 20.8 Å². The molecule has 18 heavy (non-hydrogen) atoms. The first-order valence-electron chi connectivity index (χ1n) is 6.42. The van der Waals surface area contributed by atoms with E-state index in [4.69, 9.17) is 0 Å². The number of rotatable bonds is 7. The number of carbonyl (C=O) groups is 1. The summed E-state index contributed by atoms with van der Waals surface area (Å²) in [6, 6.07) is 3.81. The average Bonchev–Trinajstić information content (AvgIpc) is 2.40. The van der Waals surface area contributed by atoms with Crippen molar-refractivity contribution in [3.8, 4) is 0 Å². The first-order chi connectivity index (χ1) is 8.71. The number of hydrogen-bond acceptors (Lipinski definition) is 4. The molecule has 0 atom stereocenters. The van der Waals surface area contributed by atoms with E-state index in [1.54, 1.807) is 6.20 Å². The Labute approximate surface area is 109 Å². The highest BCUT2D eigenvalue weighted by Crippen LogP contribution is 2.13. The SMILES string of the molecule is CCNCC(=O)Nc1ccc(N(CC)CC)nc1. The lowest BCUT2D eigenvalue weighted by atomic mass is 10.3. The summed E-state index contributed by atoms with van der Waals surface area (Å²) in [6.07, 6.45) is 1.69. The molecule has 1 rings (SSSR count). The van der Waals surface area contributed by atoms with Gasteiger partial charge in [0.2, 0.25) is 5.91 Å². The Morgan fingerprint density at radius 2 is 2.00 bits per heavy atom. The summed E-state index contributed by atoms with van der Waals surface area (Å²) in [5.41, 5.74) is 0.730. The zero-order valence-electron chi connectivity index (χ0n) is 11.4. The maximum absolute atomic E-state index is 11.5. The van der Waals surface area contributed by atoms with Gasteiger partial charge in [0.1, 0.15) is 5.82 Å². The number of nitrogens with one attached hydrogen (secondary N) is 2. The number of pyridine rings is 1. The second-order valence-corrected chi connectivity index (χ2v) is 3.91. The molecule has 1 aromatic heterocycles. The molecule has 1 heterocycles. The van der Waals surface area contributed by atoms with Crippen LogP contribution in [0.4, 0.5) is 11.5 Å². The quantitative estimate of drug-likeness (QED) is 0.769. The molecule has 0 aliphatic rings. The molecule has 1 amide bonds. The number of hydrogen-bond donors (Lipinski definition) is 2. The monoisotopic (exact) mass is 250 g/mol. The predicted octanol–water partition coefficient (Wildman–Crippen LogP) is 1.48. The molecule has 0 saturated heterocycles. The minimum Gasteiger partial charge on any atom is -0.357 e. The van der Waals surface area contributed by atoms with Gasteiger partial charge in [-0.25, -0.2) is 4.98 Å². The van der Waals surface area contributed by atoms with Crippen LogP contribution in [0.25, 0.3) is 0 Å². The van der Waals surface area contributed by atoms with Crippen LogP contribution in [0.3, 0.4) is 0 Å². The predicted molar refractivity (Wildman–Crippen MR) is 75.0 cm³/mol. The van der Waals surface area contributed by atoms with E-state index in [9.17, 15) is 4.79 Å². The molecule has 0 fully saturated rings. The number of nitrogens with zero attached hydrogens (tertiary/aromatic N) is 2. The molecule has 100 valence electrons. The first kappa shape index (κ1) is 14.4. The fraction of sp³-hybridized carbons (Fsp3) is 0.538. The Morgan fingerprint density at radius 3 is 2.50 bits per heavy atom. The second-order valence-electron chi connectivity index (χ2n) is 3.91. The van der Waals surface area contributed by atoms with Crippen molar-refractivity contribution in [2.24, 2.45) is 0 Å². The topological polar surface area (TPSA) is 57.3 Å². The van der Waals surface area contributed by atoms with Crippen LogP contribution in [-0.4, -0.2) is 37.1 Å². The zero-order chi connectivity index (χ0) is 13.4. The summed E-state index contributed by atoms with van der Waals surface area (Å²) in [6.45, 7) is 9.12. The van der Waals surface area contributed by atoms with Crippen LogP contribution in [-0.2, 0) is 4.79 Å². The first-order valence-corrected chi connectivity index (χ1v) is 6.42. The van der Waals surface area contributed by atoms with Crippen LogP contribution >= 0.6 is 0 Å². The van der Waals surface area contributed by atoms with Gasteiger partial charge in [-0.15, -0.1) is 0 Å². The van der Waals surface area contributed by atoms with Gasteiger partial charge < -0.3 is 15.5 Å². The van der Waals surface area contributed by atoms with Gasteiger partial charge >= 0.3 is 0 Å². The lowest BCUT2D eigenvalue weighted by Crippen LogP contribution is -2.28. The van der Waals surface area contributed by atoms with E-state index in [2.05, 4.69) is 34.4 Å². The number of aromatic nitrogens is 1. The van der Waals surface area contributed by atoms with Crippen LogP contribution in [0.2, 0.25) is 0 Å². The molecule has 0 spiro atoms. The third-order valence-corrected chi connectivity index (χ3v) is 2.65. The van der Waals surface area contributed by atoms with Crippen molar-refractivity contribution in [3.63, 3.8) is 0 Å². The maximum Gasteiger partial charge on any atom is 0.238 e. The fourth-order valence-corrected chi connectivity index (χ4v) is 1.64. The van der Waals surface area contributed by atoms with Gasteiger partial charge in [0.25, 0.3) is 0 Å². The van der Waals surface area contributed by atoms with Crippen LogP contribution in [0, 0.1) is 0 Å². The third kappa shape index (κ3) is 4.33. The van der Waals surface area contributed by atoms with Gasteiger partial charge in [-0.2, -0.15) is 0 Å². The summed E-state index contributed by atoms with van der Waals surface area (Å²) < 4.78 is 0. The van der Waals surface area contributed by atoms with Gasteiger partial charge in [-0.1, -0.05) is 6.92 Å². The van der Waals surface area contributed by atoms with Crippen molar-refractivity contribution in [1.82, 2.24) is 10.3 Å². The van der Waals surface area contributed by atoms with Crippen LogP contribution < -0.4 is 15.5 Å². The molecule has 0 aromatic carbocycles. The molecule has 0 aliphatic heterocycles. The van der Waals surface area contributed by atoms with Crippen LogP contribution in [0.15, 0.2) is 18.3 Å². The standard InChI is InChI=1S/C13H22N4O/c1-4-14-10-13(18)16-11-7-8-12(15-9-11)17(5-2)6-3/h7-9,14H,4-6,10H2,1-3H3,(H,16,18). The minimum absolute atomic E-state index is 0.0470. The second kappa shape index (κ2) is 7.66. The molecule has 0 radical (unpaired) electrons. The highest BCUT2D eigenvalue weighted by Gasteiger charge is 2.04. The maximum atomic E-state index is 11.5. The van der Waals surface area contributed by atoms with E-state index >= 15 is 0 Å². The van der Waals surface area contributed by atoms with Gasteiger partial charge in [0, 0.05) is 13.1 Å². The van der Waals surface area contributed by atoms with E-state index in [1.165, 1.54) is 0 Å². The Kier molecular flexibility index (Phi) is 6.14. The van der Waals surface area contributed by atoms with E-state index < -0.39 is 0 Å². The lowest BCUT2D eigenvalue weighted by molar-refractivity contribution is -0.115. The minimum atomic E-state index is -0.0470. The number of anilines is 2. The molecule has 0 saturated carbocycles. The summed E-state index contributed by atoms with van der Waals surface area (Å²) in [4.78, 5) is 18.0. The molecule has 2 N–H and O–H groups in total. The third-order valence-electron chi connectivity index (χ3n) is 2.65. The fourth-order valence-electron chi connectivity index (χ4n) is 1.64. The number of amides is 1. The normalized spacial score (nSPS) is 10.2. The highest BCUT2D eigenvalue weighted by atomic mass is 16.1. The number of likely N-dealkylation sites (N-methyl/N-ethyl adjacent to an activating group) is 1. The summed E-state index contributed by atoms with van der Waals surface area (Å²) in [7, 11) is 0. The van der Waals surface area contributed by atoms with E-state index in [-0.39, 0.29) is 5.91 Å². The molecule has 1 aromatic rings. The molecule has 5 nitrogen and oxygen atoms in total. The molecule has 0 unspecified atom stereocenters. The van der Waals surface area contributed by atoms with Gasteiger partial charge in [0.15, 0.2) is 0 Å². The van der Waals surface area contributed by atoms with Gasteiger partial charge in [0.05, 0.1) is 18.4 Å². The smallest absolute Gasteiger partial charge is 0.238 e.